The molecule has 1 aliphatic rings. The summed E-state index contributed by atoms with van der Waals surface area (Å²) in [6.07, 6.45) is 5.71. The maximum absolute atomic E-state index is 11.9. The Morgan fingerprint density at radius 1 is 0.686 bits per heavy atom. The molecule has 6 nitrogen and oxygen atoms in total. The predicted molar refractivity (Wildman–Crippen MR) is 136 cm³/mol. The van der Waals surface area contributed by atoms with Crippen molar-refractivity contribution in [1.82, 2.24) is 0 Å². The van der Waals surface area contributed by atoms with Gasteiger partial charge in [-0.25, -0.2) is 0 Å². The molecule has 3 aromatic carbocycles. The molecular weight excluding hydrogens is 444 g/mol. The van der Waals surface area contributed by atoms with E-state index < -0.39 is 11.6 Å². The smallest absolute Gasteiger partial charge is 0.234 e. The van der Waals surface area contributed by atoms with E-state index in [0.717, 1.165) is 11.1 Å². The minimum absolute atomic E-state index is 0.0235. The van der Waals surface area contributed by atoms with Crippen molar-refractivity contribution in [3.63, 3.8) is 0 Å². The fourth-order valence-electron chi connectivity index (χ4n) is 3.40. The van der Waals surface area contributed by atoms with E-state index >= 15 is 0 Å². The van der Waals surface area contributed by atoms with E-state index in [1.165, 1.54) is 6.07 Å². The lowest BCUT2D eigenvalue weighted by Gasteiger charge is -2.16. The number of ketones is 2. The summed E-state index contributed by atoms with van der Waals surface area (Å²) in [5.74, 6) is -0.959. The predicted octanol–water partition coefficient (Wildman–Crippen LogP) is 6.05. The second kappa shape index (κ2) is 11.0. The van der Waals surface area contributed by atoms with Crippen molar-refractivity contribution in [3.05, 3.63) is 106 Å². The van der Waals surface area contributed by atoms with Gasteiger partial charge in [0.1, 0.15) is 23.0 Å². The van der Waals surface area contributed by atoms with Gasteiger partial charge in [-0.2, -0.15) is 0 Å². The van der Waals surface area contributed by atoms with Crippen LogP contribution in [0.5, 0.6) is 17.2 Å². The van der Waals surface area contributed by atoms with Crippen LogP contribution in [-0.4, -0.2) is 32.0 Å². The zero-order valence-electron chi connectivity index (χ0n) is 19.4. The van der Waals surface area contributed by atoms with Crippen molar-refractivity contribution in [2.75, 3.05) is 0 Å². The second-order valence-corrected chi connectivity index (χ2v) is 8.22. The molecule has 0 aliphatic heterocycles. The van der Waals surface area contributed by atoms with Crippen LogP contribution in [0.3, 0.4) is 0 Å². The van der Waals surface area contributed by atoms with Gasteiger partial charge in [0, 0.05) is 22.8 Å². The summed E-state index contributed by atoms with van der Waals surface area (Å²) in [4.78, 5) is 23.8. The zero-order chi connectivity index (χ0) is 25.5. The third-order valence-electron chi connectivity index (χ3n) is 5.19. The first-order valence-electron chi connectivity index (χ1n) is 10.9. The van der Waals surface area contributed by atoms with Gasteiger partial charge < -0.3 is 20.4 Å². The first-order valence-corrected chi connectivity index (χ1v) is 10.9. The number of hydrogen-bond donors (Lipinski definition) is 4. The Kier molecular flexibility index (Phi) is 7.89. The SMILES string of the molecule is CC(C)=CCC1=C(O)c2ccccc2C(=O)C1=O.Oc1ccc(C=Cc2cc(O)cc(O)c2)cc1. The van der Waals surface area contributed by atoms with Crippen LogP contribution in [0.2, 0.25) is 0 Å². The first kappa shape index (κ1) is 25.1. The molecule has 0 amide bonds. The summed E-state index contributed by atoms with van der Waals surface area (Å²) in [7, 11) is 0. The molecule has 0 aromatic heterocycles. The number of hydrogen-bond acceptors (Lipinski definition) is 6. The number of Topliss-reactive ketones (excluding diaryl/α,β-unsaturated/α-hetero) is 2. The molecule has 0 spiro atoms. The summed E-state index contributed by atoms with van der Waals surface area (Å²) in [6.45, 7) is 3.81. The highest BCUT2D eigenvalue weighted by Crippen LogP contribution is 2.29. The quantitative estimate of drug-likeness (QED) is 0.210. The highest BCUT2D eigenvalue weighted by molar-refractivity contribution is 6.52. The van der Waals surface area contributed by atoms with Gasteiger partial charge in [-0.15, -0.1) is 0 Å². The number of aliphatic hydroxyl groups is 1. The number of rotatable bonds is 4. The Labute approximate surface area is 203 Å². The summed E-state index contributed by atoms with van der Waals surface area (Å²) in [5.41, 5.74) is 3.57. The zero-order valence-corrected chi connectivity index (χ0v) is 19.4. The molecule has 35 heavy (non-hydrogen) atoms. The van der Waals surface area contributed by atoms with Gasteiger partial charge in [0.2, 0.25) is 11.6 Å². The average molecular weight is 471 g/mol. The number of phenols is 3. The molecule has 4 N–H and O–H groups in total. The van der Waals surface area contributed by atoms with Crippen molar-refractivity contribution >= 4 is 29.5 Å². The Hall–Kier alpha value is -4.58. The minimum atomic E-state index is -0.608. The van der Waals surface area contributed by atoms with Crippen molar-refractivity contribution in [1.29, 1.82) is 0 Å². The number of allylic oxidation sites excluding steroid dienone is 3. The van der Waals surface area contributed by atoms with Gasteiger partial charge in [0.15, 0.2) is 0 Å². The lowest BCUT2D eigenvalue weighted by atomic mass is 9.87. The third kappa shape index (κ3) is 6.48. The minimum Gasteiger partial charge on any atom is -0.508 e. The van der Waals surface area contributed by atoms with E-state index in [-0.39, 0.29) is 40.6 Å². The molecule has 6 heteroatoms. The number of fused-ring (bicyclic) bond motifs is 1. The fraction of sp³-hybridized carbons (Fsp3) is 0.103. The largest absolute Gasteiger partial charge is 0.508 e. The molecule has 0 saturated carbocycles. The number of aliphatic hydroxyl groups excluding tert-OH is 1. The van der Waals surface area contributed by atoms with E-state index in [2.05, 4.69) is 0 Å². The van der Waals surface area contributed by atoms with Crippen LogP contribution in [-0.2, 0) is 4.79 Å². The summed E-state index contributed by atoms with van der Waals surface area (Å²) in [5, 5.41) is 37.8. The van der Waals surface area contributed by atoms with Gasteiger partial charge >= 0.3 is 0 Å². The maximum atomic E-state index is 11.9. The van der Waals surface area contributed by atoms with Gasteiger partial charge in [0.05, 0.1) is 0 Å². The van der Waals surface area contributed by atoms with Gasteiger partial charge in [0.25, 0.3) is 0 Å². The van der Waals surface area contributed by atoms with Gasteiger partial charge in [-0.3, -0.25) is 9.59 Å². The molecule has 0 radical (unpaired) electrons. The summed E-state index contributed by atoms with van der Waals surface area (Å²) < 4.78 is 0. The Morgan fingerprint density at radius 2 is 1.26 bits per heavy atom. The number of benzene rings is 3. The monoisotopic (exact) mass is 470 g/mol. The number of aromatic hydroxyl groups is 3. The van der Waals surface area contributed by atoms with Crippen molar-refractivity contribution in [2.45, 2.75) is 20.3 Å². The third-order valence-corrected chi connectivity index (χ3v) is 5.19. The fourth-order valence-corrected chi connectivity index (χ4v) is 3.40. The lowest BCUT2D eigenvalue weighted by molar-refractivity contribution is -0.112. The summed E-state index contributed by atoms with van der Waals surface area (Å²) >= 11 is 0. The molecular formula is C29H26O6. The molecule has 0 unspecified atom stereocenters. The number of carbonyl (C=O) groups is 2. The highest BCUT2D eigenvalue weighted by atomic mass is 16.3. The molecule has 0 bridgehead atoms. The van der Waals surface area contributed by atoms with E-state index in [1.54, 1.807) is 66.7 Å². The molecule has 0 atom stereocenters. The van der Waals surface area contributed by atoms with E-state index in [1.807, 2.05) is 26.0 Å². The van der Waals surface area contributed by atoms with Crippen LogP contribution < -0.4 is 0 Å². The van der Waals surface area contributed by atoms with E-state index in [9.17, 15) is 24.9 Å². The van der Waals surface area contributed by atoms with Crippen LogP contribution >= 0.6 is 0 Å². The molecule has 0 saturated heterocycles. The van der Waals surface area contributed by atoms with Crippen LogP contribution in [0.1, 0.15) is 47.3 Å². The van der Waals surface area contributed by atoms with Gasteiger partial charge in [-0.05, 0) is 55.7 Å². The Morgan fingerprint density at radius 3 is 1.86 bits per heavy atom. The Bertz CT molecular complexity index is 1320. The highest BCUT2D eigenvalue weighted by Gasteiger charge is 2.31. The lowest BCUT2D eigenvalue weighted by Crippen LogP contribution is -2.23. The van der Waals surface area contributed by atoms with Crippen LogP contribution in [0.4, 0.5) is 0 Å². The number of carbonyl (C=O) groups excluding carboxylic acids is 2. The van der Waals surface area contributed by atoms with Crippen LogP contribution in [0, 0.1) is 0 Å². The second-order valence-electron chi connectivity index (χ2n) is 8.22. The standard InChI is InChI=1S/C15H14O3.C14H12O3/c1-9(2)7-8-12-13(16)10-5-3-4-6-11(10)14(17)15(12)18;15-12-5-3-10(4-6-12)1-2-11-7-13(16)9-14(17)8-11/h3-7,16H,8H2,1-2H3;1-9,15-17H. The molecule has 0 fully saturated rings. The average Bonchev–Trinajstić information content (AvgIpc) is 2.82. The molecule has 4 rings (SSSR count). The summed E-state index contributed by atoms with van der Waals surface area (Å²) in [6, 6.07) is 17.7. The molecule has 3 aromatic rings. The van der Waals surface area contributed by atoms with E-state index in [4.69, 9.17) is 5.11 Å². The topological polar surface area (TPSA) is 115 Å². The van der Waals surface area contributed by atoms with Crippen LogP contribution in [0.25, 0.3) is 17.9 Å². The van der Waals surface area contributed by atoms with E-state index in [0.29, 0.717) is 11.1 Å². The molecule has 1 aliphatic carbocycles. The van der Waals surface area contributed by atoms with Crippen LogP contribution in [0.15, 0.2) is 84.0 Å². The van der Waals surface area contributed by atoms with Crippen molar-refractivity contribution in [3.8, 4) is 17.2 Å². The Balaban J connectivity index is 0.000000196. The maximum Gasteiger partial charge on any atom is 0.234 e. The van der Waals surface area contributed by atoms with Crippen molar-refractivity contribution < 1.29 is 30.0 Å². The normalized spacial score (nSPS) is 12.7. The van der Waals surface area contributed by atoms with Gasteiger partial charge in [-0.1, -0.05) is 60.2 Å². The van der Waals surface area contributed by atoms with Crippen molar-refractivity contribution in [2.24, 2.45) is 0 Å². The number of phenolic OH excluding ortho intramolecular Hbond substituents is 3. The first-order chi connectivity index (χ1) is 16.7. The molecule has 0 heterocycles. The molecule has 178 valence electrons.